The predicted octanol–water partition coefficient (Wildman–Crippen LogP) is 1.89. The number of rotatable bonds is 6. The van der Waals surface area contributed by atoms with Crippen molar-refractivity contribution in [2.45, 2.75) is 38.6 Å². The summed E-state index contributed by atoms with van der Waals surface area (Å²) in [4.78, 5) is 7.07. The van der Waals surface area contributed by atoms with Crippen molar-refractivity contribution in [3.05, 3.63) is 22.9 Å². The van der Waals surface area contributed by atoms with Crippen LogP contribution in [0.3, 0.4) is 0 Å². The molecule has 0 fully saturated rings. The maximum Gasteiger partial charge on any atom is 0.133 e. The highest BCUT2D eigenvalue weighted by Crippen LogP contribution is 2.26. The van der Waals surface area contributed by atoms with Crippen molar-refractivity contribution in [3.8, 4) is 0 Å². The Morgan fingerprint density at radius 3 is 2.89 bits per heavy atom. The molecule has 2 rings (SSSR count). The van der Waals surface area contributed by atoms with Gasteiger partial charge < -0.3 is 15.4 Å². The first-order valence-electron chi connectivity index (χ1n) is 7.18. The SMILES string of the molecule is COCCCN(C)c1nc2c(cc1CN)CCCC2. The molecule has 0 bridgehead atoms. The average Bonchev–Trinajstić information content (AvgIpc) is 2.46. The number of methoxy groups -OCH3 is 1. The molecule has 1 aromatic rings. The van der Waals surface area contributed by atoms with Gasteiger partial charge in [-0.15, -0.1) is 0 Å². The molecule has 0 amide bonds. The van der Waals surface area contributed by atoms with Crippen molar-refractivity contribution >= 4 is 5.82 Å². The molecule has 106 valence electrons. The van der Waals surface area contributed by atoms with Crippen molar-refractivity contribution in [3.63, 3.8) is 0 Å². The quantitative estimate of drug-likeness (QED) is 0.796. The summed E-state index contributed by atoms with van der Waals surface area (Å²) in [5, 5.41) is 0. The van der Waals surface area contributed by atoms with E-state index < -0.39 is 0 Å². The number of nitrogens with two attached hydrogens (primary N) is 1. The third-order valence-electron chi connectivity index (χ3n) is 3.78. The summed E-state index contributed by atoms with van der Waals surface area (Å²) in [6, 6.07) is 2.27. The Balaban J connectivity index is 2.18. The van der Waals surface area contributed by atoms with Gasteiger partial charge in [-0.2, -0.15) is 0 Å². The first-order chi connectivity index (χ1) is 9.26. The van der Waals surface area contributed by atoms with Crippen LogP contribution in [-0.2, 0) is 24.1 Å². The van der Waals surface area contributed by atoms with Crippen LogP contribution >= 0.6 is 0 Å². The van der Waals surface area contributed by atoms with Crippen molar-refractivity contribution in [2.24, 2.45) is 5.73 Å². The van der Waals surface area contributed by atoms with E-state index in [2.05, 4.69) is 18.0 Å². The van der Waals surface area contributed by atoms with Crippen LogP contribution in [0, 0.1) is 0 Å². The van der Waals surface area contributed by atoms with Gasteiger partial charge >= 0.3 is 0 Å². The Hall–Kier alpha value is -1.13. The molecule has 1 heterocycles. The molecule has 19 heavy (non-hydrogen) atoms. The minimum atomic E-state index is 0.560. The lowest BCUT2D eigenvalue weighted by Crippen LogP contribution is -2.24. The predicted molar refractivity (Wildman–Crippen MR) is 78.5 cm³/mol. The molecule has 2 N–H and O–H groups in total. The lowest BCUT2D eigenvalue weighted by molar-refractivity contribution is 0.196. The van der Waals surface area contributed by atoms with Gasteiger partial charge in [-0.1, -0.05) is 0 Å². The summed E-state index contributed by atoms with van der Waals surface area (Å²) in [5.41, 5.74) is 9.73. The second-order valence-corrected chi connectivity index (χ2v) is 5.26. The van der Waals surface area contributed by atoms with Gasteiger partial charge in [0.05, 0.1) is 0 Å². The topological polar surface area (TPSA) is 51.4 Å². The first-order valence-corrected chi connectivity index (χ1v) is 7.18. The smallest absolute Gasteiger partial charge is 0.133 e. The lowest BCUT2D eigenvalue weighted by atomic mass is 9.94. The molecule has 0 radical (unpaired) electrons. The standard InChI is InChI=1S/C15H25N3O/c1-18(8-5-9-19-2)15-13(11-16)10-12-6-3-4-7-14(12)17-15/h10H,3-9,11,16H2,1-2H3. The Kier molecular flexibility index (Phi) is 5.16. The van der Waals surface area contributed by atoms with Gasteiger partial charge in [0.2, 0.25) is 0 Å². The zero-order valence-electron chi connectivity index (χ0n) is 12.1. The number of aromatic nitrogens is 1. The number of nitrogens with zero attached hydrogens (tertiary/aromatic N) is 2. The van der Waals surface area contributed by atoms with Crippen molar-refractivity contribution in [2.75, 3.05) is 32.2 Å². The molecule has 0 saturated carbocycles. The van der Waals surface area contributed by atoms with Crippen LogP contribution < -0.4 is 10.6 Å². The minimum Gasteiger partial charge on any atom is -0.385 e. The lowest BCUT2D eigenvalue weighted by Gasteiger charge is -2.24. The van der Waals surface area contributed by atoms with E-state index in [1.165, 1.54) is 29.7 Å². The molecule has 0 aromatic carbocycles. The zero-order chi connectivity index (χ0) is 13.7. The highest BCUT2D eigenvalue weighted by molar-refractivity contribution is 5.50. The fraction of sp³-hybridized carbons (Fsp3) is 0.667. The number of ether oxygens (including phenoxy) is 1. The Bertz CT molecular complexity index is 420. The highest BCUT2D eigenvalue weighted by atomic mass is 16.5. The summed E-state index contributed by atoms with van der Waals surface area (Å²) in [7, 11) is 3.83. The molecule has 1 aliphatic carbocycles. The van der Waals surface area contributed by atoms with Crippen molar-refractivity contribution in [1.82, 2.24) is 4.98 Å². The maximum absolute atomic E-state index is 5.89. The third kappa shape index (κ3) is 3.45. The maximum atomic E-state index is 5.89. The van der Waals surface area contributed by atoms with Crippen LogP contribution in [0.15, 0.2) is 6.07 Å². The second kappa shape index (κ2) is 6.87. The molecule has 0 spiro atoms. The zero-order valence-corrected chi connectivity index (χ0v) is 12.1. The number of aryl methyl sites for hydroxylation is 2. The number of hydrogen-bond acceptors (Lipinski definition) is 4. The van der Waals surface area contributed by atoms with E-state index in [1.807, 2.05) is 0 Å². The van der Waals surface area contributed by atoms with Crippen LogP contribution in [0.1, 0.15) is 36.1 Å². The van der Waals surface area contributed by atoms with Gasteiger partial charge in [-0.25, -0.2) is 4.98 Å². The monoisotopic (exact) mass is 263 g/mol. The van der Waals surface area contributed by atoms with Crippen LogP contribution in [0.5, 0.6) is 0 Å². The Morgan fingerprint density at radius 2 is 2.16 bits per heavy atom. The molecule has 0 atom stereocenters. The summed E-state index contributed by atoms with van der Waals surface area (Å²) < 4.78 is 5.10. The van der Waals surface area contributed by atoms with Gasteiger partial charge in [0, 0.05) is 45.1 Å². The van der Waals surface area contributed by atoms with E-state index in [1.54, 1.807) is 7.11 Å². The number of hydrogen-bond donors (Lipinski definition) is 1. The summed E-state index contributed by atoms with van der Waals surface area (Å²) >= 11 is 0. The molecule has 1 aliphatic rings. The van der Waals surface area contributed by atoms with Crippen molar-refractivity contribution in [1.29, 1.82) is 0 Å². The van der Waals surface area contributed by atoms with Crippen molar-refractivity contribution < 1.29 is 4.74 Å². The minimum absolute atomic E-state index is 0.560. The molecule has 1 aromatic heterocycles. The Morgan fingerprint density at radius 1 is 1.37 bits per heavy atom. The van der Waals surface area contributed by atoms with Gasteiger partial charge in [0.25, 0.3) is 0 Å². The summed E-state index contributed by atoms with van der Waals surface area (Å²) in [6.45, 7) is 2.30. The summed E-state index contributed by atoms with van der Waals surface area (Å²) in [6.07, 6.45) is 5.81. The highest BCUT2D eigenvalue weighted by Gasteiger charge is 2.16. The number of fused-ring (bicyclic) bond motifs is 1. The number of anilines is 1. The summed E-state index contributed by atoms with van der Waals surface area (Å²) in [5.74, 6) is 1.05. The van der Waals surface area contributed by atoms with Crippen LogP contribution in [-0.4, -0.2) is 32.3 Å². The van der Waals surface area contributed by atoms with Crippen LogP contribution in [0.25, 0.3) is 0 Å². The average molecular weight is 263 g/mol. The van der Waals surface area contributed by atoms with E-state index in [9.17, 15) is 0 Å². The van der Waals surface area contributed by atoms with Gasteiger partial charge in [-0.3, -0.25) is 0 Å². The van der Waals surface area contributed by atoms with E-state index in [4.69, 9.17) is 15.5 Å². The molecule has 4 heteroatoms. The van der Waals surface area contributed by atoms with E-state index in [-0.39, 0.29) is 0 Å². The van der Waals surface area contributed by atoms with E-state index >= 15 is 0 Å². The molecular formula is C15H25N3O. The van der Waals surface area contributed by atoms with Crippen LogP contribution in [0.4, 0.5) is 5.82 Å². The first kappa shape index (κ1) is 14.3. The largest absolute Gasteiger partial charge is 0.385 e. The fourth-order valence-electron chi connectivity index (χ4n) is 2.70. The van der Waals surface area contributed by atoms with Gasteiger partial charge in [-0.05, 0) is 43.7 Å². The normalized spacial score (nSPS) is 14.3. The number of pyridine rings is 1. The molecule has 0 unspecified atom stereocenters. The van der Waals surface area contributed by atoms with Crippen LogP contribution in [0.2, 0.25) is 0 Å². The van der Waals surface area contributed by atoms with E-state index in [0.29, 0.717) is 6.54 Å². The Labute approximate surface area is 116 Å². The third-order valence-corrected chi connectivity index (χ3v) is 3.78. The molecule has 0 saturated heterocycles. The van der Waals surface area contributed by atoms with E-state index in [0.717, 1.165) is 38.2 Å². The molecule has 0 aliphatic heterocycles. The molecule has 4 nitrogen and oxygen atoms in total. The fourth-order valence-corrected chi connectivity index (χ4v) is 2.70. The van der Waals surface area contributed by atoms with Gasteiger partial charge in [0.15, 0.2) is 0 Å². The second-order valence-electron chi connectivity index (χ2n) is 5.26. The van der Waals surface area contributed by atoms with Gasteiger partial charge in [0.1, 0.15) is 5.82 Å². The molecular weight excluding hydrogens is 238 g/mol.